The quantitative estimate of drug-likeness (QED) is 0.291. The Morgan fingerprint density at radius 2 is 1.61 bits per heavy atom. The van der Waals surface area contributed by atoms with E-state index in [1.54, 1.807) is 37.3 Å². The van der Waals surface area contributed by atoms with Crippen LogP contribution < -0.4 is 9.62 Å². The minimum Gasteiger partial charge on any atom is -0.352 e. The summed E-state index contributed by atoms with van der Waals surface area (Å²) >= 11 is 12.2. The SMILES string of the molecule is Cc1ccc(N(CC(=O)N(Cc2cccc(Cl)c2)[C@H](C)C(=O)NC2CCCC2)S(=O)(=O)c2ccc(Cl)cc2)cc1C. The molecule has 10 heteroatoms. The number of carbonyl (C=O) groups is 2. The van der Waals surface area contributed by atoms with Crippen molar-refractivity contribution >= 4 is 50.7 Å². The van der Waals surface area contributed by atoms with Crippen molar-refractivity contribution in [3.63, 3.8) is 0 Å². The van der Waals surface area contributed by atoms with Crippen LogP contribution in [0, 0.1) is 13.8 Å². The minimum atomic E-state index is -4.17. The Labute approximate surface area is 252 Å². The van der Waals surface area contributed by atoms with Gasteiger partial charge >= 0.3 is 0 Å². The van der Waals surface area contributed by atoms with Crippen LogP contribution in [0.5, 0.6) is 0 Å². The zero-order valence-electron chi connectivity index (χ0n) is 23.4. The fourth-order valence-corrected chi connectivity index (χ4v) is 6.69. The van der Waals surface area contributed by atoms with E-state index in [-0.39, 0.29) is 23.4 Å². The van der Waals surface area contributed by atoms with Crippen LogP contribution in [0.15, 0.2) is 71.6 Å². The number of amides is 2. The molecule has 0 spiro atoms. The maximum Gasteiger partial charge on any atom is 0.264 e. The Morgan fingerprint density at radius 1 is 0.927 bits per heavy atom. The van der Waals surface area contributed by atoms with Crippen molar-refractivity contribution in [3.05, 3.63) is 93.5 Å². The number of halogens is 2. The average molecular weight is 617 g/mol. The summed E-state index contributed by atoms with van der Waals surface area (Å²) in [4.78, 5) is 28.8. The van der Waals surface area contributed by atoms with Gasteiger partial charge in [-0.1, -0.05) is 54.2 Å². The molecule has 4 rings (SSSR count). The predicted molar refractivity (Wildman–Crippen MR) is 164 cm³/mol. The van der Waals surface area contributed by atoms with E-state index < -0.39 is 28.5 Å². The number of nitrogens with zero attached hydrogens (tertiary/aromatic N) is 2. The van der Waals surface area contributed by atoms with Crippen LogP contribution >= 0.6 is 23.2 Å². The molecule has 1 aliphatic carbocycles. The lowest BCUT2D eigenvalue weighted by molar-refractivity contribution is -0.139. The molecular formula is C31H35Cl2N3O4S. The summed E-state index contributed by atoms with van der Waals surface area (Å²) in [7, 11) is -4.17. The van der Waals surface area contributed by atoms with Gasteiger partial charge in [-0.3, -0.25) is 13.9 Å². The molecule has 0 aliphatic heterocycles. The average Bonchev–Trinajstić information content (AvgIpc) is 3.44. The first-order valence-corrected chi connectivity index (χ1v) is 15.8. The largest absolute Gasteiger partial charge is 0.352 e. The number of sulfonamides is 1. The molecule has 218 valence electrons. The number of anilines is 1. The molecule has 0 bridgehead atoms. The molecule has 41 heavy (non-hydrogen) atoms. The van der Waals surface area contributed by atoms with Gasteiger partial charge in [-0.15, -0.1) is 0 Å². The van der Waals surface area contributed by atoms with Crippen molar-refractivity contribution in [2.24, 2.45) is 0 Å². The van der Waals surface area contributed by atoms with Gasteiger partial charge in [-0.25, -0.2) is 8.42 Å². The van der Waals surface area contributed by atoms with Gasteiger partial charge in [0, 0.05) is 22.6 Å². The van der Waals surface area contributed by atoms with Gasteiger partial charge < -0.3 is 10.2 Å². The maximum atomic E-state index is 14.1. The van der Waals surface area contributed by atoms with Gasteiger partial charge in [-0.2, -0.15) is 0 Å². The van der Waals surface area contributed by atoms with E-state index >= 15 is 0 Å². The topological polar surface area (TPSA) is 86.8 Å². The molecule has 1 saturated carbocycles. The van der Waals surface area contributed by atoms with Gasteiger partial charge in [0.15, 0.2) is 0 Å². The van der Waals surface area contributed by atoms with Crippen LogP contribution in [-0.4, -0.2) is 43.8 Å². The molecule has 2 amide bonds. The molecule has 1 fully saturated rings. The fraction of sp³-hybridized carbons (Fsp3) is 0.355. The number of hydrogen-bond acceptors (Lipinski definition) is 4. The Balaban J connectivity index is 1.70. The van der Waals surface area contributed by atoms with Crippen LogP contribution in [0.25, 0.3) is 0 Å². The Bertz CT molecular complexity index is 1510. The first kappa shape index (κ1) is 30.9. The monoisotopic (exact) mass is 615 g/mol. The predicted octanol–water partition coefficient (Wildman–Crippen LogP) is 6.28. The molecule has 1 N–H and O–H groups in total. The van der Waals surface area contributed by atoms with Crippen molar-refractivity contribution in [1.29, 1.82) is 0 Å². The third-order valence-electron chi connectivity index (χ3n) is 7.57. The first-order valence-electron chi connectivity index (χ1n) is 13.7. The highest BCUT2D eigenvalue weighted by Crippen LogP contribution is 2.27. The van der Waals surface area contributed by atoms with Crippen molar-refractivity contribution in [2.75, 3.05) is 10.8 Å². The third kappa shape index (κ3) is 7.61. The van der Waals surface area contributed by atoms with E-state index in [9.17, 15) is 18.0 Å². The molecule has 3 aromatic carbocycles. The standard InChI is InChI=1S/C31H35Cl2N3O4S/c1-21-11-14-28(17-22(21)2)36(41(39,40)29-15-12-25(32)13-16-29)20-30(37)35(19-24-7-6-8-26(33)18-24)23(3)31(38)34-27-9-4-5-10-27/h6-8,11-18,23,27H,4-5,9-10,19-20H2,1-3H3,(H,34,38)/t23-/m1/s1. The summed E-state index contributed by atoms with van der Waals surface area (Å²) in [6, 6.07) is 17.3. The van der Waals surface area contributed by atoms with Crippen LogP contribution in [0.2, 0.25) is 10.0 Å². The lowest BCUT2D eigenvalue weighted by Crippen LogP contribution is -2.52. The zero-order chi connectivity index (χ0) is 29.7. The Kier molecular flexibility index (Phi) is 10.00. The van der Waals surface area contributed by atoms with Gasteiger partial charge in [0.1, 0.15) is 12.6 Å². The van der Waals surface area contributed by atoms with Crippen LogP contribution in [0.3, 0.4) is 0 Å². The highest BCUT2D eigenvalue weighted by molar-refractivity contribution is 7.92. The van der Waals surface area contributed by atoms with Gasteiger partial charge in [-0.05, 0) is 98.8 Å². The number of aryl methyl sites for hydroxylation is 2. The van der Waals surface area contributed by atoms with E-state index in [1.807, 2.05) is 26.0 Å². The third-order valence-corrected chi connectivity index (χ3v) is 9.84. The maximum absolute atomic E-state index is 14.1. The zero-order valence-corrected chi connectivity index (χ0v) is 25.8. The van der Waals surface area contributed by atoms with Crippen LogP contribution in [0.1, 0.15) is 49.3 Å². The minimum absolute atomic E-state index is 0.00124. The molecule has 0 radical (unpaired) electrons. The van der Waals surface area contributed by atoms with E-state index in [2.05, 4.69) is 5.32 Å². The number of nitrogens with one attached hydrogen (secondary N) is 1. The normalized spacial score (nSPS) is 14.5. The highest BCUT2D eigenvalue weighted by Gasteiger charge is 2.33. The van der Waals surface area contributed by atoms with Crippen molar-refractivity contribution in [2.45, 2.75) is 70.0 Å². The highest BCUT2D eigenvalue weighted by atomic mass is 35.5. The summed E-state index contributed by atoms with van der Waals surface area (Å²) in [5, 5.41) is 3.96. The Morgan fingerprint density at radius 3 is 2.24 bits per heavy atom. The van der Waals surface area contributed by atoms with Crippen molar-refractivity contribution in [1.82, 2.24) is 10.2 Å². The van der Waals surface area contributed by atoms with Gasteiger partial charge in [0.05, 0.1) is 10.6 Å². The van der Waals surface area contributed by atoms with Gasteiger partial charge in [0.2, 0.25) is 11.8 Å². The number of benzene rings is 3. The lowest BCUT2D eigenvalue weighted by Gasteiger charge is -2.32. The second-order valence-electron chi connectivity index (χ2n) is 10.6. The molecule has 1 aliphatic rings. The molecule has 3 aromatic rings. The second kappa shape index (κ2) is 13.3. The first-order chi connectivity index (χ1) is 19.5. The number of hydrogen-bond donors (Lipinski definition) is 1. The van der Waals surface area contributed by atoms with E-state index in [0.29, 0.717) is 15.7 Å². The van der Waals surface area contributed by atoms with Crippen LogP contribution in [-0.2, 0) is 26.2 Å². The second-order valence-corrected chi connectivity index (χ2v) is 13.3. The molecule has 7 nitrogen and oxygen atoms in total. The molecule has 0 heterocycles. The molecule has 0 unspecified atom stereocenters. The Hall–Kier alpha value is -3.07. The summed E-state index contributed by atoms with van der Waals surface area (Å²) in [6.07, 6.45) is 3.91. The van der Waals surface area contributed by atoms with E-state index in [0.717, 1.165) is 46.7 Å². The molecule has 0 saturated heterocycles. The van der Waals surface area contributed by atoms with Gasteiger partial charge in [0.25, 0.3) is 10.0 Å². The number of rotatable bonds is 10. The molecular weight excluding hydrogens is 581 g/mol. The fourth-order valence-electron chi connectivity index (χ4n) is 4.95. The van der Waals surface area contributed by atoms with Crippen molar-refractivity contribution < 1.29 is 18.0 Å². The summed E-state index contributed by atoms with van der Waals surface area (Å²) < 4.78 is 29.0. The lowest BCUT2D eigenvalue weighted by atomic mass is 10.1. The summed E-state index contributed by atoms with van der Waals surface area (Å²) in [5.41, 5.74) is 2.95. The molecule has 1 atom stereocenters. The number of carbonyl (C=O) groups excluding carboxylic acids is 2. The smallest absolute Gasteiger partial charge is 0.264 e. The van der Waals surface area contributed by atoms with E-state index in [4.69, 9.17) is 23.2 Å². The van der Waals surface area contributed by atoms with E-state index in [1.165, 1.54) is 29.2 Å². The summed E-state index contributed by atoms with van der Waals surface area (Å²) in [5.74, 6) is -0.791. The van der Waals surface area contributed by atoms with Crippen LogP contribution in [0.4, 0.5) is 5.69 Å². The molecule has 0 aromatic heterocycles. The summed E-state index contributed by atoms with van der Waals surface area (Å²) in [6.45, 7) is 5.06. The van der Waals surface area contributed by atoms with Crippen molar-refractivity contribution in [3.8, 4) is 0 Å².